The Morgan fingerprint density at radius 3 is 2.35 bits per heavy atom. The first-order valence-electron chi connectivity index (χ1n) is 7.16. The van der Waals surface area contributed by atoms with Crippen molar-refractivity contribution in [2.75, 3.05) is 26.7 Å². The average molecular weight is 291 g/mol. The molecular formula is C13H20F3N3O. The lowest BCUT2D eigenvalue weighted by atomic mass is 9.82. The number of fused-ring (bicyclic) bond motifs is 5. The molecule has 114 valence electrons. The van der Waals surface area contributed by atoms with Gasteiger partial charge in [0.25, 0.3) is 0 Å². The number of alkyl halides is 3. The summed E-state index contributed by atoms with van der Waals surface area (Å²) in [6.45, 7) is 1.57. The van der Waals surface area contributed by atoms with E-state index >= 15 is 0 Å². The first-order valence-corrected chi connectivity index (χ1v) is 7.16. The number of aliphatic imine (C=N–C) groups is 1. The van der Waals surface area contributed by atoms with Gasteiger partial charge in [0.1, 0.15) is 0 Å². The van der Waals surface area contributed by atoms with Crippen molar-refractivity contribution in [2.45, 2.75) is 37.6 Å². The summed E-state index contributed by atoms with van der Waals surface area (Å²) in [4.78, 5) is 6.19. The second-order valence-electron chi connectivity index (χ2n) is 5.86. The number of ether oxygens (including phenoxy) is 1. The number of rotatable bonds is 2. The Labute approximate surface area is 116 Å². The summed E-state index contributed by atoms with van der Waals surface area (Å²) in [6.07, 6.45) is -2.01. The first kappa shape index (κ1) is 14.0. The van der Waals surface area contributed by atoms with Crippen LogP contribution in [0.15, 0.2) is 4.99 Å². The number of guanidine groups is 1. The van der Waals surface area contributed by atoms with Gasteiger partial charge in [-0.15, -0.1) is 0 Å². The van der Waals surface area contributed by atoms with Crippen molar-refractivity contribution in [1.82, 2.24) is 10.2 Å². The molecule has 3 aliphatic rings. The van der Waals surface area contributed by atoms with Crippen molar-refractivity contribution in [3.05, 3.63) is 0 Å². The molecule has 20 heavy (non-hydrogen) atoms. The maximum Gasteiger partial charge on any atom is 0.390 e. The Kier molecular flexibility index (Phi) is 3.56. The third kappa shape index (κ3) is 2.60. The zero-order valence-corrected chi connectivity index (χ0v) is 11.5. The molecule has 4 atom stereocenters. The van der Waals surface area contributed by atoms with Crippen LogP contribution in [0.2, 0.25) is 0 Å². The topological polar surface area (TPSA) is 36.9 Å². The van der Waals surface area contributed by atoms with E-state index in [0.717, 1.165) is 25.9 Å². The van der Waals surface area contributed by atoms with E-state index in [4.69, 9.17) is 4.74 Å². The van der Waals surface area contributed by atoms with E-state index in [1.165, 1.54) is 0 Å². The molecule has 4 unspecified atom stereocenters. The highest BCUT2D eigenvalue weighted by Gasteiger charge is 2.53. The highest BCUT2D eigenvalue weighted by molar-refractivity contribution is 5.80. The lowest BCUT2D eigenvalue weighted by Gasteiger charge is -2.23. The normalized spacial score (nSPS) is 36.6. The quantitative estimate of drug-likeness (QED) is 0.620. The molecule has 3 fully saturated rings. The van der Waals surface area contributed by atoms with Crippen LogP contribution in [0, 0.1) is 11.8 Å². The standard InChI is InChI=1S/C13H20F3N3O/c1-17-12(18-5-4-13(14,15)16)19-6-8-9(7-19)11-3-2-10(8)20-11/h8-11H,2-7H2,1H3,(H,17,18). The number of nitrogens with one attached hydrogen (secondary N) is 1. The summed E-state index contributed by atoms with van der Waals surface area (Å²) < 4.78 is 42.4. The van der Waals surface area contributed by atoms with Gasteiger partial charge in [-0.05, 0) is 12.8 Å². The summed E-state index contributed by atoms with van der Waals surface area (Å²) in [7, 11) is 1.62. The SMILES string of the molecule is CN=C(NCCC(F)(F)F)N1CC2C3CCC(O3)C2C1. The number of likely N-dealkylation sites (tertiary alicyclic amines) is 1. The molecule has 4 nitrogen and oxygen atoms in total. The minimum absolute atomic E-state index is 0.120. The van der Waals surface area contributed by atoms with E-state index in [1.54, 1.807) is 7.05 Å². The smallest absolute Gasteiger partial charge is 0.374 e. The number of nitrogens with zero attached hydrogens (tertiary/aromatic N) is 2. The molecule has 0 spiro atoms. The molecule has 0 radical (unpaired) electrons. The van der Waals surface area contributed by atoms with E-state index in [2.05, 4.69) is 15.2 Å². The van der Waals surface area contributed by atoms with Crippen molar-refractivity contribution in [3.8, 4) is 0 Å². The summed E-state index contributed by atoms with van der Waals surface area (Å²) in [5.74, 6) is 1.63. The van der Waals surface area contributed by atoms with Crippen LogP contribution in [0.5, 0.6) is 0 Å². The Hall–Kier alpha value is -0.980. The minimum atomic E-state index is -4.12. The van der Waals surface area contributed by atoms with E-state index in [0.29, 0.717) is 30.0 Å². The largest absolute Gasteiger partial charge is 0.390 e. The van der Waals surface area contributed by atoms with Gasteiger partial charge in [0, 0.05) is 38.5 Å². The Bertz CT molecular complexity index is 381. The van der Waals surface area contributed by atoms with Crippen molar-refractivity contribution in [2.24, 2.45) is 16.8 Å². The fraction of sp³-hybridized carbons (Fsp3) is 0.923. The summed E-state index contributed by atoms with van der Waals surface area (Å²) in [5, 5.41) is 2.82. The highest BCUT2D eigenvalue weighted by atomic mass is 19.4. The fourth-order valence-corrected chi connectivity index (χ4v) is 3.78. The summed E-state index contributed by atoms with van der Waals surface area (Å²) in [6, 6.07) is 0. The van der Waals surface area contributed by atoms with Crippen LogP contribution in [0.25, 0.3) is 0 Å². The van der Waals surface area contributed by atoms with Crippen LogP contribution in [0.4, 0.5) is 13.2 Å². The van der Waals surface area contributed by atoms with Gasteiger partial charge in [0.2, 0.25) is 0 Å². The van der Waals surface area contributed by atoms with Crippen molar-refractivity contribution < 1.29 is 17.9 Å². The minimum Gasteiger partial charge on any atom is -0.374 e. The van der Waals surface area contributed by atoms with Gasteiger partial charge in [0.05, 0.1) is 18.6 Å². The van der Waals surface area contributed by atoms with Crippen molar-refractivity contribution >= 4 is 5.96 Å². The maximum absolute atomic E-state index is 12.2. The molecule has 0 amide bonds. The third-order valence-electron chi connectivity index (χ3n) is 4.66. The fourth-order valence-electron chi connectivity index (χ4n) is 3.78. The van der Waals surface area contributed by atoms with Crippen molar-refractivity contribution in [3.63, 3.8) is 0 Å². The number of halogens is 3. The third-order valence-corrected chi connectivity index (χ3v) is 4.66. The first-order chi connectivity index (χ1) is 9.48. The second kappa shape index (κ2) is 5.09. The molecule has 7 heteroatoms. The van der Waals surface area contributed by atoms with Crippen LogP contribution in [-0.4, -0.2) is 55.9 Å². The van der Waals surface area contributed by atoms with Crippen LogP contribution in [0.1, 0.15) is 19.3 Å². The highest BCUT2D eigenvalue weighted by Crippen LogP contribution is 2.47. The molecule has 0 saturated carbocycles. The van der Waals surface area contributed by atoms with Crippen LogP contribution in [-0.2, 0) is 4.74 Å². The molecule has 0 aliphatic carbocycles. The zero-order chi connectivity index (χ0) is 14.3. The lowest BCUT2D eigenvalue weighted by Crippen LogP contribution is -2.42. The number of hydrogen-bond donors (Lipinski definition) is 1. The van der Waals surface area contributed by atoms with E-state index in [-0.39, 0.29) is 6.54 Å². The number of hydrogen-bond acceptors (Lipinski definition) is 2. The molecular weight excluding hydrogens is 271 g/mol. The predicted molar refractivity (Wildman–Crippen MR) is 68.5 cm³/mol. The van der Waals surface area contributed by atoms with Gasteiger partial charge < -0.3 is 15.0 Å². The predicted octanol–water partition coefficient (Wildman–Crippen LogP) is 1.62. The Morgan fingerprint density at radius 1 is 1.25 bits per heavy atom. The molecule has 3 heterocycles. The zero-order valence-electron chi connectivity index (χ0n) is 11.5. The second-order valence-corrected chi connectivity index (χ2v) is 5.86. The maximum atomic E-state index is 12.2. The molecule has 2 bridgehead atoms. The molecule has 1 N–H and O–H groups in total. The van der Waals surface area contributed by atoms with Gasteiger partial charge in [-0.2, -0.15) is 13.2 Å². The van der Waals surface area contributed by atoms with Crippen molar-refractivity contribution in [1.29, 1.82) is 0 Å². The van der Waals surface area contributed by atoms with E-state index in [1.807, 2.05) is 0 Å². The van der Waals surface area contributed by atoms with Gasteiger partial charge >= 0.3 is 6.18 Å². The van der Waals surface area contributed by atoms with Gasteiger partial charge in [-0.1, -0.05) is 0 Å². The Morgan fingerprint density at radius 2 is 1.85 bits per heavy atom. The molecule has 3 aliphatic heterocycles. The van der Waals surface area contributed by atoms with E-state index < -0.39 is 12.6 Å². The molecule has 0 aromatic heterocycles. The van der Waals surface area contributed by atoms with E-state index in [9.17, 15) is 13.2 Å². The summed E-state index contributed by atoms with van der Waals surface area (Å²) >= 11 is 0. The van der Waals surface area contributed by atoms with Crippen LogP contribution < -0.4 is 5.32 Å². The monoisotopic (exact) mass is 291 g/mol. The molecule has 0 aromatic rings. The lowest BCUT2D eigenvalue weighted by molar-refractivity contribution is -0.132. The van der Waals surface area contributed by atoms with Gasteiger partial charge in [0.15, 0.2) is 5.96 Å². The average Bonchev–Trinajstić information content (AvgIpc) is 3.04. The Balaban J connectivity index is 1.54. The summed E-state index contributed by atoms with van der Waals surface area (Å²) in [5.41, 5.74) is 0. The molecule has 0 aromatic carbocycles. The van der Waals surface area contributed by atoms with Gasteiger partial charge in [-0.25, -0.2) is 0 Å². The van der Waals surface area contributed by atoms with Crippen LogP contribution >= 0.6 is 0 Å². The molecule has 3 rings (SSSR count). The molecule has 3 saturated heterocycles. The van der Waals surface area contributed by atoms with Gasteiger partial charge in [-0.3, -0.25) is 4.99 Å². The van der Waals surface area contributed by atoms with Crippen LogP contribution in [0.3, 0.4) is 0 Å².